The van der Waals surface area contributed by atoms with Crippen LogP contribution in [0.2, 0.25) is 0 Å². The second kappa shape index (κ2) is 6.88. The van der Waals surface area contributed by atoms with Crippen molar-refractivity contribution in [3.63, 3.8) is 0 Å². The number of carbonyl (C=O) groups excluding carboxylic acids is 2. The van der Waals surface area contributed by atoms with Gasteiger partial charge in [-0.1, -0.05) is 18.2 Å². The lowest BCUT2D eigenvalue weighted by Gasteiger charge is -2.37. The van der Waals surface area contributed by atoms with Crippen LogP contribution in [0.1, 0.15) is 44.4 Å². The van der Waals surface area contributed by atoms with Crippen LogP contribution in [0.3, 0.4) is 0 Å². The van der Waals surface area contributed by atoms with Gasteiger partial charge in [0.15, 0.2) is 0 Å². The lowest BCUT2D eigenvalue weighted by atomic mass is 9.99. The zero-order valence-corrected chi connectivity index (χ0v) is 16.5. The highest BCUT2D eigenvalue weighted by Crippen LogP contribution is 2.34. The monoisotopic (exact) mass is 356 g/mol. The Hall–Kier alpha value is -2.14. The van der Waals surface area contributed by atoms with Gasteiger partial charge in [-0.2, -0.15) is 0 Å². The van der Waals surface area contributed by atoms with Gasteiger partial charge in [0.25, 0.3) is 11.8 Å². The van der Waals surface area contributed by atoms with E-state index < -0.39 is 0 Å². The van der Waals surface area contributed by atoms with Crippen LogP contribution in [0.15, 0.2) is 23.9 Å². The highest BCUT2D eigenvalue weighted by molar-refractivity contribution is 6.35. The van der Waals surface area contributed by atoms with Crippen molar-refractivity contribution in [3.8, 4) is 0 Å². The van der Waals surface area contributed by atoms with Gasteiger partial charge in [0.1, 0.15) is 5.70 Å². The van der Waals surface area contributed by atoms with Crippen molar-refractivity contribution >= 4 is 17.4 Å². The summed E-state index contributed by atoms with van der Waals surface area (Å²) in [7, 11) is 0. The molecule has 0 radical (unpaired) electrons. The summed E-state index contributed by atoms with van der Waals surface area (Å²) < 4.78 is 5.81. The molecular weight excluding hydrogens is 328 g/mol. The minimum absolute atomic E-state index is 0.0169. The zero-order valence-electron chi connectivity index (χ0n) is 16.5. The van der Waals surface area contributed by atoms with Gasteiger partial charge in [-0.3, -0.25) is 14.5 Å². The molecule has 2 aliphatic rings. The number of hydrogen-bond acceptors (Lipinski definition) is 4. The number of hydrogen-bond donors (Lipinski definition) is 0. The second-order valence-electron chi connectivity index (χ2n) is 7.76. The topological polar surface area (TPSA) is 49.9 Å². The van der Waals surface area contributed by atoms with E-state index in [-0.39, 0.29) is 30.1 Å². The fourth-order valence-corrected chi connectivity index (χ4v) is 3.81. The van der Waals surface area contributed by atoms with Crippen molar-refractivity contribution in [1.82, 2.24) is 9.80 Å². The molecule has 2 atom stereocenters. The van der Waals surface area contributed by atoms with Crippen LogP contribution in [0.25, 0.3) is 5.57 Å². The van der Waals surface area contributed by atoms with Gasteiger partial charge in [-0.05, 0) is 58.2 Å². The predicted molar refractivity (Wildman–Crippen MR) is 101 cm³/mol. The molecule has 0 N–H and O–H groups in total. The quantitative estimate of drug-likeness (QED) is 0.782. The fraction of sp³-hybridized carbons (Fsp3) is 0.524. The maximum atomic E-state index is 13.2. The highest BCUT2D eigenvalue weighted by atomic mass is 16.5. The van der Waals surface area contributed by atoms with Gasteiger partial charge in [-0.15, -0.1) is 0 Å². The van der Waals surface area contributed by atoms with Crippen molar-refractivity contribution in [2.45, 2.75) is 59.8 Å². The third-order valence-corrected chi connectivity index (χ3v) is 5.14. The Kier molecular flexibility index (Phi) is 4.93. The number of amides is 2. The summed E-state index contributed by atoms with van der Waals surface area (Å²) in [5.74, 6) is -0.394. The summed E-state index contributed by atoms with van der Waals surface area (Å²) in [4.78, 5) is 29.7. The molecule has 5 nitrogen and oxygen atoms in total. The van der Waals surface area contributed by atoms with E-state index in [4.69, 9.17) is 4.74 Å². The van der Waals surface area contributed by atoms with Crippen molar-refractivity contribution in [2.24, 2.45) is 0 Å². The van der Waals surface area contributed by atoms with E-state index in [1.165, 1.54) is 10.5 Å². The Bertz CT molecular complexity index is 771. The molecule has 0 saturated carbocycles. The molecule has 1 saturated heterocycles. The molecule has 26 heavy (non-hydrogen) atoms. The molecule has 0 spiro atoms. The summed E-state index contributed by atoms with van der Waals surface area (Å²) in [6.45, 7) is 13.0. The van der Waals surface area contributed by atoms with E-state index in [9.17, 15) is 9.59 Å². The molecule has 0 aromatic heterocycles. The number of nitrogens with zero attached hydrogens (tertiary/aromatic N) is 2. The lowest BCUT2D eigenvalue weighted by molar-refractivity contribution is -0.140. The van der Waals surface area contributed by atoms with Gasteiger partial charge in [0.2, 0.25) is 0 Å². The zero-order chi connectivity index (χ0) is 19.2. The first-order chi connectivity index (χ1) is 12.2. The molecule has 1 fully saturated rings. The molecule has 5 heteroatoms. The number of imide groups is 1. The first-order valence-electron chi connectivity index (χ1n) is 9.31. The highest BCUT2D eigenvalue weighted by Gasteiger charge is 2.44. The smallest absolute Gasteiger partial charge is 0.278 e. The summed E-state index contributed by atoms with van der Waals surface area (Å²) in [5, 5.41) is 0. The Labute approximate surface area is 155 Å². The van der Waals surface area contributed by atoms with E-state index in [1.54, 1.807) is 0 Å². The summed E-state index contributed by atoms with van der Waals surface area (Å²) in [6, 6.07) is 5.78. The lowest BCUT2D eigenvalue weighted by Crippen LogP contribution is -2.47. The Morgan fingerprint density at radius 3 is 2.15 bits per heavy atom. The van der Waals surface area contributed by atoms with Crippen LogP contribution >= 0.6 is 0 Å². The first-order valence-corrected chi connectivity index (χ1v) is 9.31. The van der Waals surface area contributed by atoms with Crippen molar-refractivity contribution in [1.29, 1.82) is 0 Å². The summed E-state index contributed by atoms with van der Waals surface area (Å²) >= 11 is 0. The third kappa shape index (κ3) is 3.16. The van der Waals surface area contributed by atoms with Crippen LogP contribution in [0.4, 0.5) is 0 Å². The van der Waals surface area contributed by atoms with Gasteiger partial charge in [-0.25, -0.2) is 0 Å². The molecule has 3 rings (SSSR count). The normalized spacial score (nSPS) is 24.3. The van der Waals surface area contributed by atoms with Crippen LogP contribution in [0, 0.1) is 13.8 Å². The molecule has 1 aromatic carbocycles. The van der Waals surface area contributed by atoms with Gasteiger partial charge in [0.05, 0.1) is 17.8 Å². The molecular formula is C21H28N2O3. The van der Waals surface area contributed by atoms with Gasteiger partial charge >= 0.3 is 0 Å². The maximum Gasteiger partial charge on any atom is 0.278 e. The number of benzene rings is 1. The molecule has 140 valence electrons. The van der Waals surface area contributed by atoms with E-state index in [1.807, 2.05) is 64.6 Å². The molecule has 2 amide bonds. The van der Waals surface area contributed by atoms with Crippen LogP contribution in [0.5, 0.6) is 0 Å². The van der Waals surface area contributed by atoms with Gasteiger partial charge in [0, 0.05) is 19.1 Å². The number of rotatable bonds is 3. The van der Waals surface area contributed by atoms with Crippen LogP contribution < -0.4 is 0 Å². The molecule has 0 aliphatic carbocycles. The van der Waals surface area contributed by atoms with Crippen LogP contribution in [-0.2, 0) is 14.3 Å². The fourth-order valence-electron chi connectivity index (χ4n) is 3.81. The number of aryl methyl sites for hydroxylation is 2. The Morgan fingerprint density at radius 2 is 1.62 bits per heavy atom. The number of carbonyl (C=O) groups is 2. The minimum atomic E-state index is -0.199. The van der Waals surface area contributed by atoms with Crippen molar-refractivity contribution in [2.75, 3.05) is 13.1 Å². The number of ether oxygens (including phenoxy) is 1. The molecule has 2 aliphatic heterocycles. The number of morpholine rings is 1. The minimum Gasteiger partial charge on any atom is -0.372 e. The second-order valence-corrected chi connectivity index (χ2v) is 7.76. The summed E-state index contributed by atoms with van der Waals surface area (Å²) in [5.41, 5.74) is 4.14. The molecule has 0 bridgehead atoms. The van der Waals surface area contributed by atoms with E-state index in [0.717, 1.165) is 11.1 Å². The van der Waals surface area contributed by atoms with E-state index >= 15 is 0 Å². The molecule has 2 unspecified atom stereocenters. The van der Waals surface area contributed by atoms with Crippen LogP contribution in [-0.4, -0.2) is 53.0 Å². The standard InChI is InChI=1S/C21H28N2O3/c1-12(2)23-20(24)18(17-8-7-13(3)14(4)9-17)19(21(23)25)22-10-15(5)26-16(6)11-22/h7-9,12,15-16H,10-11H2,1-6H3. The molecule has 1 aromatic rings. The summed E-state index contributed by atoms with van der Waals surface area (Å²) in [6.07, 6.45) is 0.0338. The predicted octanol–water partition coefficient (Wildman–Crippen LogP) is 2.90. The average molecular weight is 356 g/mol. The molecule has 2 heterocycles. The Balaban J connectivity index is 2.14. The first kappa shape index (κ1) is 18.6. The van der Waals surface area contributed by atoms with E-state index in [2.05, 4.69) is 0 Å². The van der Waals surface area contributed by atoms with Crippen molar-refractivity contribution < 1.29 is 14.3 Å². The Morgan fingerprint density at radius 1 is 1.00 bits per heavy atom. The third-order valence-electron chi connectivity index (χ3n) is 5.14. The van der Waals surface area contributed by atoms with Gasteiger partial charge < -0.3 is 9.64 Å². The largest absolute Gasteiger partial charge is 0.372 e. The maximum absolute atomic E-state index is 13.2. The van der Waals surface area contributed by atoms with E-state index in [0.29, 0.717) is 24.4 Å². The SMILES string of the molecule is Cc1ccc(C2=C(N3CC(C)OC(C)C3)C(=O)N(C(C)C)C2=O)cc1C. The average Bonchev–Trinajstić information content (AvgIpc) is 2.80. The van der Waals surface area contributed by atoms with Crippen molar-refractivity contribution in [3.05, 3.63) is 40.6 Å².